The van der Waals surface area contributed by atoms with Gasteiger partial charge in [0.2, 0.25) is 0 Å². The molecule has 1 aliphatic heterocycles. The van der Waals surface area contributed by atoms with Gasteiger partial charge in [-0.25, -0.2) is 4.79 Å². The summed E-state index contributed by atoms with van der Waals surface area (Å²) in [5.74, 6) is -1.82. The third kappa shape index (κ3) is 0.866. The predicted octanol–water partition coefficient (Wildman–Crippen LogP) is -0.695. The van der Waals surface area contributed by atoms with Crippen molar-refractivity contribution < 1.29 is 19.5 Å². The Morgan fingerprint density at radius 1 is 1.47 bits per heavy atom. The molecule has 3 aliphatic rings. The number of hydrogen-bond acceptors (Lipinski definition) is 3. The van der Waals surface area contributed by atoms with Crippen LogP contribution in [0.15, 0.2) is 0 Å². The summed E-state index contributed by atoms with van der Waals surface area (Å²) in [7, 11) is 0. The number of imide groups is 1. The molecule has 0 aromatic heterocycles. The standard InChI is InChI=1S/C9H10N2O4/c12-6(13)4-3-1-2-9(5(3)4)7(14)10-8(15)11-9/h3-5H,1-2H2,(H,12,13)(H2,10,11,14,15)/t3-,4-,5-,9-/m0/s1. The molecule has 3 N–H and O–H groups in total. The van der Waals surface area contributed by atoms with Crippen molar-refractivity contribution in [2.75, 3.05) is 0 Å². The first-order valence-corrected chi connectivity index (χ1v) is 4.93. The van der Waals surface area contributed by atoms with Crippen LogP contribution in [0.4, 0.5) is 4.79 Å². The van der Waals surface area contributed by atoms with Gasteiger partial charge in [0, 0.05) is 5.92 Å². The van der Waals surface area contributed by atoms with E-state index in [1.54, 1.807) is 0 Å². The first-order valence-electron chi connectivity index (χ1n) is 4.93. The van der Waals surface area contributed by atoms with Gasteiger partial charge in [0.25, 0.3) is 5.91 Å². The molecule has 80 valence electrons. The highest BCUT2D eigenvalue weighted by atomic mass is 16.4. The van der Waals surface area contributed by atoms with E-state index < -0.39 is 23.5 Å². The summed E-state index contributed by atoms with van der Waals surface area (Å²) >= 11 is 0. The van der Waals surface area contributed by atoms with Crippen LogP contribution in [-0.4, -0.2) is 28.6 Å². The molecule has 15 heavy (non-hydrogen) atoms. The molecule has 1 saturated heterocycles. The maximum Gasteiger partial charge on any atom is 0.322 e. The van der Waals surface area contributed by atoms with E-state index in [1.165, 1.54) is 0 Å². The summed E-state index contributed by atoms with van der Waals surface area (Å²) in [4.78, 5) is 33.6. The minimum atomic E-state index is -0.926. The molecule has 3 fully saturated rings. The average molecular weight is 210 g/mol. The number of carboxylic acids is 1. The number of aliphatic carboxylic acids is 1. The minimum absolute atomic E-state index is 0.0617. The van der Waals surface area contributed by atoms with Gasteiger partial charge in [0.1, 0.15) is 5.54 Å². The molecule has 0 radical (unpaired) electrons. The maximum absolute atomic E-state index is 11.6. The zero-order valence-corrected chi connectivity index (χ0v) is 7.82. The lowest BCUT2D eigenvalue weighted by atomic mass is 9.90. The van der Waals surface area contributed by atoms with E-state index in [0.29, 0.717) is 12.8 Å². The molecular weight excluding hydrogens is 200 g/mol. The third-order valence-corrected chi connectivity index (χ3v) is 3.86. The Hall–Kier alpha value is -1.59. The van der Waals surface area contributed by atoms with Crippen molar-refractivity contribution in [2.45, 2.75) is 18.4 Å². The SMILES string of the molecule is O=C1NC(=O)[C@@]2(CC[C@H]3[C@H](C(=O)O)[C@H]32)N1. The Labute approximate surface area is 85.0 Å². The molecular formula is C9H10N2O4. The average Bonchev–Trinajstić information content (AvgIpc) is 2.68. The second kappa shape index (κ2) is 2.32. The normalized spacial score (nSPS) is 46.3. The second-order valence-electron chi connectivity index (χ2n) is 4.47. The minimum Gasteiger partial charge on any atom is -0.481 e. The van der Waals surface area contributed by atoms with E-state index in [-0.39, 0.29) is 17.7 Å². The summed E-state index contributed by atoms with van der Waals surface area (Å²) in [6.45, 7) is 0. The fourth-order valence-corrected chi connectivity index (χ4v) is 3.22. The number of amides is 3. The molecule has 0 aromatic rings. The molecule has 2 saturated carbocycles. The molecule has 6 heteroatoms. The summed E-state index contributed by atoms with van der Waals surface area (Å²) in [6, 6.07) is -0.503. The molecule has 4 atom stereocenters. The van der Waals surface area contributed by atoms with Crippen LogP contribution in [0.25, 0.3) is 0 Å². The van der Waals surface area contributed by atoms with Gasteiger partial charge in [-0.3, -0.25) is 14.9 Å². The Morgan fingerprint density at radius 3 is 2.67 bits per heavy atom. The maximum atomic E-state index is 11.6. The van der Waals surface area contributed by atoms with Crippen molar-refractivity contribution in [1.82, 2.24) is 10.6 Å². The fraction of sp³-hybridized carbons (Fsp3) is 0.667. The summed E-state index contributed by atoms with van der Waals surface area (Å²) in [6.07, 6.45) is 1.26. The van der Waals surface area contributed by atoms with Crippen LogP contribution in [0.1, 0.15) is 12.8 Å². The van der Waals surface area contributed by atoms with Crippen LogP contribution in [-0.2, 0) is 9.59 Å². The van der Waals surface area contributed by atoms with E-state index in [9.17, 15) is 14.4 Å². The number of carbonyl (C=O) groups excluding carboxylic acids is 2. The lowest BCUT2D eigenvalue weighted by molar-refractivity contribution is -0.139. The van der Waals surface area contributed by atoms with E-state index in [1.807, 2.05) is 0 Å². The zero-order valence-electron chi connectivity index (χ0n) is 7.82. The lowest BCUT2D eigenvalue weighted by Gasteiger charge is -2.22. The Morgan fingerprint density at radius 2 is 2.20 bits per heavy atom. The van der Waals surface area contributed by atoms with Crippen molar-refractivity contribution in [3.8, 4) is 0 Å². The zero-order chi connectivity index (χ0) is 10.8. The topological polar surface area (TPSA) is 95.5 Å². The van der Waals surface area contributed by atoms with Gasteiger partial charge in [0.05, 0.1) is 5.92 Å². The highest BCUT2D eigenvalue weighted by Crippen LogP contribution is 2.62. The van der Waals surface area contributed by atoms with Gasteiger partial charge < -0.3 is 10.4 Å². The van der Waals surface area contributed by atoms with E-state index in [4.69, 9.17) is 5.11 Å². The second-order valence-corrected chi connectivity index (χ2v) is 4.47. The highest BCUT2D eigenvalue weighted by molar-refractivity contribution is 6.08. The van der Waals surface area contributed by atoms with Gasteiger partial charge in [-0.05, 0) is 18.8 Å². The smallest absolute Gasteiger partial charge is 0.322 e. The quantitative estimate of drug-likeness (QED) is 0.499. The van der Waals surface area contributed by atoms with Crippen LogP contribution in [0.3, 0.4) is 0 Å². The van der Waals surface area contributed by atoms with Crippen molar-refractivity contribution in [2.24, 2.45) is 17.8 Å². The Bertz CT molecular complexity index is 394. The van der Waals surface area contributed by atoms with Crippen molar-refractivity contribution in [3.63, 3.8) is 0 Å². The summed E-state index contributed by atoms with van der Waals surface area (Å²) < 4.78 is 0. The first-order chi connectivity index (χ1) is 7.06. The van der Waals surface area contributed by atoms with E-state index in [0.717, 1.165) is 0 Å². The van der Waals surface area contributed by atoms with Gasteiger partial charge in [-0.2, -0.15) is 0 Å². The number of carboxylic acid groups (broad SMARTS) is 1. The van der Waals surface area contributed by atoms with Crippen LogP contribution < -0.4 is 10.6 Å². The summed E-state index contributed by atoms with van der Waals surface area (Å²) in [5.41, 5.74) is -0.926. The van der Waals surface area contributed by atoms with Crippen molar-refractivity contribution in [3.05, 3.63) is 0 Å². The van der Waals surface area contributed by atoms with Crippen LogP contribution >= 0.6 is 0 Å². The Kier molecular flexibility index (Phi) is 1.34. The van der Waals surface area contributed by atoms with E-state index >= 15 is 0 Å². The molecule has 0 aromatic carbocycles. The lowest BCUT2D eigenvalue weighted by Crippen LogP contribution is -2.48. The first kappa shape index (κ1) is 8.70. The molecule has 3 amide bonds. The molecule has 1 heterocycles. The number of carbonyl (C=O) groups is 3. The predicted molar refractivity (Wildman–Crippen MR) is 46.7 cm³/mol. The Balaban J connectivity index is 1.92. The van der Waals surface area contributed by atoms with Gasteiger partial charge >= 0.3 is 12.0 Å². The van der Waals surface area contributed by atoms with Gasteiger partial charge in [-0.1, -0.05) is 0 Å². The molecule has 3 rings (SSSR count). The molecule has 6 nitrogen and oxygen atoms in total. The fourth-order valence-electron chi connectivity index (χ4n) is 3.22. The largest absolute Gasteiger partial charge is 0.481 e. The molecule has 0 bridgehead atoms. The van der Waals surface area contributed by atoms with Crippen molar-refractivity contribution in [1.29, 1.82) is 0 Å². The van der Waals surface area contributed by atoms with Gasteiger partial charge in [0.15, 0.2) is 0 Å². The number of fused-ring (bicyclic) bond motifs is 2. The summed E-state index contributed by atoms with van der Waals surface area (Å²) in [5, 5.41) is 13.7. The van der Waals surface area contributed by atoms with Crippen LogP contribution in [0, 0.1) is 17.8 Å². The van der Waals surface area contributed by atoms with Gasteiger partial charge in [-0.15, -0.1) is 0 Å². The number of hydrogen-bond donors (Lipinski definition) is 3. The molecule has 2 aliphatic carbocycles. The van der Waals surface area contributed by atoms with Crippen molar-refractivity contribution >= 4 is 17.9 Å². The highest BCUT2D eigenvalue weighted by Gasteiger charge is 2.73. The number of rotatable bonds is 1. The monoisotopic (exact) mass is 210 g/mol. The van der Waals surface area contributed by atoms with Crippen LogP contribution in [0.2, 0.25) is 0 Å². The molecule has 0 unspecified atom stereocenters. The molecule has 1 spiro atoms. The number of urea groups is 1. The third-order valence-electron chi connectivity index (χ3n) is 3.86. The van der Waals surface area contributed by atoms with Crippen LogP contribution in [0.5, 0.6) is 0 Å². The van der Waals surface area contributed by atoms with E-state index in [2.05, 4.69) is 10.6 Å². The number of nitrogens with one attached hydrogen (secondary N) is 2.